The topological polar surface area (TPSA) is 87.7 Å². The Labute approximate surface area is 216 Å². The number of alkyl carbamates (subject to hydrolysis) is 1. The van der Waals surface area contributed by atoms with Crippen LogP contribution in [0.25, 0.3) is 0 Å². The zero-order valence-electron chi connectivity index (χ0n) is 22.8. The largest absolute Gasteiger partial charge is 0.444 e. The summed E-state index contributed by atoms with van der Waals surface area (Å²) >= 11 is 1.60. The van der Waals surface area contributed by atoms with Crippen LogP contribution in [0, 0.1) is 0 Å². The molecule has 0 saturated heterocycles. The Kier molecular flexibility index (Phi) is 13.2. The van der Waals surface area contributed by atoms with Crippen molar-refractivity contribution in [1.82, 2.24) is 15.5 Å². The van der Waals surface area contributed by atoms with Crippen molar-refractivity contribution in [3.8, 4) is 0 Å². The van der Waals surface area contributed by atoms with Gasteiger partial charge in [-0.25, -0.2) is 4.79 Å². The summed E-state index contributed by atoms with van der Waals surface area (Å²) in [7, 11) is 0. The molecule has 2 N–H and O–H groups in total. The Hall–Kier alpha value is -2.22. The van der Waals surface area contributed by atoms with Gasteiger partial charge in [-0.1, -0.05) is 44.5 Å². The molecule has 2 unspecified atom stereocenters. The molecule has 1 aromatic rings. The fourth-order valence-corrected chi connectivity index (χ4v) is 4.08. The van der Waals surface area contributed by atoms with Crippen molar-refractivity contribution >= 4 is 29.7 Å². The molecule has 7 nitrogen and oxygen atoms in total. The maximum absolute atomic E-state index is 14.0. The molecule has 1 rings (SSSR count). The van der Waals surface area contributed by atoms with Crippen LogP contribution in [-0.4, -0.2) is 59.0 Å². The van der Waals surface area contributed by atoms with Crippen LogP contribution in [0.5, 0.6) is 0 Å². The van der Waals surface area contributed by atoms with Crippen LogP contribution in [0.15, 0.2) is 24.3 Å². The summed E-state index contributed by atoms with van der Waals surface area (Å²) in [5, 5.41) is 5.76. The third-order valence-electron chi connectivity index (χ3n) is 5.33. The van der Waals surface area contributed by atoms with E-state index in [4.69, 9.17) is 4.74 Å². The highest BCUT2D eigenvalue weighted by atomic mass is 32.2. The van der Waals surface area contributed by atoms with Crippen molar-refractivity contribution < 1.29 is 19.1 Å². The Morgan fingerprint density at radius 2 is 1.69 bits per heavy atom. The van der Waals surface area contributed by atoms with Gasteiger partial charge in [-0.3, -0.25) is 9.59 Å². The van der Waals surface area contributed by atoms with Gasteiger partial charge in [0.25, 0.3) is 0 Å². The zero-order chi connectivity index (χ0) is 26.6. The quantitative estimate of drug-likeness (QED) is 0.388. The number of nitrogens with zero attached hydrogens (tertiary/aromatic N) is 1. The monoisotopic (exact) mass is 507 g/mol. The fourth-order valence-electron chi connectivity index (χ4n) is 3.61. The highest BCUT2D eigenvalue weighted by molar-refractivity contribution is 7.98. The number of hydrogen-bond acceptors (Lipinski definition) is 5. The van der Waals surface area contributed by atoms with Gasteiger partial charge in [0.05, 0.1) is 0 Å². The zero-order valence-corrected chi connectivity index (χ0v) is 23.6. The molecule has 0 saturated carbocycles. The molecule has 0 heterocycles. The van der Waals surface area contributed by atoms with Crippen LogP contribution in [0.3, 0.4) is 0 Å². The second-order valence-corrected chi connectivity index (χ2v) is 11.0. The number of ether oxygens (including phenoxy) is 1. The minimum Gasteiger partial charge on any atom is -0.444 e. The van der Waals surface area contributed by atoms with E-state index in [1.54, 1.807) is 37.4 Å². The lowest BCUT2D eigenvalue weighted by molar-refractivity contribution is -0.142. The first-order valence-electron chi connectivity index (χ1n) is 12.6. The van der Waals surface area contributed by atoms with E-state index in [1.165, 1.54) is 0 Å². The number of benzene rings is 1. The van der Waals surface area contributed by atoms with Crippen molar-refractivity contribution in [3.05, 3.63) is 35.4 Å². The lowest BCUT2D eigenvalue weighted by atomic mass is 9.99. The average Bonchev–Trinajstić information content (AvgIpc) is 2.77. The third kappa shape index (κ3) is 10.9. The van der Waals surface area contributed by atoms with Gasteiger partial charge in [-0.2, -0.15) is 11.8 Å². The molecule has 0 aliphatic carbocycles. The molecule has 35 heavy (non-hydrogen) atoms. The fraction of sp³-hybridized carbons (Fsp3) is 0.667. The summed E-state index contributed by atoms with van der Waals surface area (Å²) < 4.78 is 5.42. The van der Waals surface area contributed by atoms with Crippen molar-refractivity contribution in [1.29, 1.82) is 0 Å². The lowest BCUT2D eigenvalue weighted by Crippen LogP contribution is -2.53. The number of unbranched alkanes of at least 4 members (excludes halogenated alkanes) is 1. The summed E-state index contributed by atoms with van der Waals surface area (Å²) in [5.41, 5.74) is 1.23. The summed E-state index contributed by atoms with van der Waals surface area (Å²) in [6.45, 7) is 13.7. The summed E-state index contributed by atoms with van der Waals surface area (Å²) in [4.78, 5) is 41.6. The number of carbonyl (C=O) groups excluding carboxylic acids is 3. The molecule has 3 amide bonds. The first kappa shape index (κ1) is 30.8. The van der Waals surface area contributed by atoms with E-state index < -0.39 is 23.8 Å². The van der Waals surface area contributed by atoms with Crippen LogP contribution >= 0.6 is 11.8 Å². The molecule has 0 bridgehead atoms. The molecule has 198 valence electrons. The summed E-state index contributed by atoms with van der Waals surface area (Å²) in [5.74, 6) is 0.179. The van der Waals surface area contributed by atoms with E-state index in [0.29, 0.717) is 18.7 Å². The van der Waals surface area contributed by atoms with Crippen molar-refractivity contribution in [2.45, 2.75) is 97.9 Å². The van der Waals surface area contributed by atoms with E-state index in [-0.39, 0.29) is 17.9 Å². The maximum atomic E-state index is 14.0. The Morgan fingerprint density at radius 3 is 2.17 bits per heavy atom. The normalized spacial score (nSPS) is 13.2. The predicted molar refractivity (Wildman–Crippen MR) is 145 cm³/mol. The summed E-state index contributed by atoms with van der Waals surface area (Å²) in [6.07, 6.45) is 4.26. The van der Waals surface area contributed by atoms with Crippen LogP contribution in [0.1, 0.15) is 84.9 Å². The van der Waals surface area contributed by atoms with Gasteiger partial charge in [0.15, 0.2) is 0 Å². The molecule has 2 atom stereocenters. The van der Waals surface area contributed by atoms with Crippen LogP contribution in [-0.2, 0) is 20.7 Å². The van der Waals surface area contributed by atoms with Crippen LogP contribution in [0.2, 0.25) is 0 Å². The second-order valence-electron chi connectivity index (χ2n) is 10.0. The maximum Gasteiger partial charge on any atom is 0.408 e. The van der Waals surface area contributed by atoms with Gasteiger partial charge in [-0.15, -0.1) is 0 Å². The molecule has 0 aromatic heterocycles. The number of carbonyl (C=O) groups is 3. The number of amides is 3. The number of hydrogen-bond donors (Lipinski definition) is 2. The molecule has 0 aliphatic rings. The Bertz CT molecular complexity index is 806. The van der Waals surface area contributed by atoms with Gasteiger partial charge >= 0.3 is 6.09 Å². The molecule has 1 aromatic carbocycles. The molecule has 0 radical (unpaired) electrons. The van der Waals surface area contributed by atoms with Crippen molar-refractivity contribution in [2.75, 3.05) is 18.6 Å². The first-order chi connectivity index (χ1) is 16.4. The number of nitrogens with one attached hydrogen (secondary N) is 2. The number of thioether (sulfide) groups is 1. The average molecular weight is 508 g/mol. The predicted octanol–water partition coefficient (Wildman–Crippen LogP) is 5.09. The third-order valence-corrected chi connectivity index (χ3v) is 5.97. The Morgan fingerprint density at radius 1 is 1.06 bits per heavy atom. The second kappa shape index (κ2) is 15.0. The minimum absolute atomic E-state index is 0.0739. The molecule has 0 spiro atoms. The van der Waals surface area contributed by atoms with Gasteiger partial charge < -0.3 is 20.3 Å². The van der Waals surface area contributed by atoms with E-state index in [2.05, 4.69) is 17.6 Å². The standard InChI is InChI=1S/C27H45N3O4S/c1-9-11-17-30(25(32)22(16-18-35-8)29-26(33)34-27(5,6)7)23(24(31)28-19(3)4)21-14-12-20(10-2)13-15-21/h12-15,19,22-23H,9-11,16-18H2,1-8H3,(H,28,31)(H,29,33). The van der Waals surface area contributed by atoms with Gasteiger partial charge in [-0.05, 0) is 77.0 Å². The van der Waals surface area contributed by atoms with E-state index in [9.17, 15) is 14.4 Å². The van der Waals surface area contributed by atoms with Gasteiger partial charge in [0, 0.05) is 12.6 Å². The van der Waals surface area contributed by atoms with E-state index >= 15 is 0 Å². The lowest BCUT2D eigenvalue weighted by Gasteiger charge is -2.35. The highest BCUT2D eigenvalue weighted by Crippen LogP contribution is 2.25. The SMILES string of the molecule is CCCCN(C(=O)C(CCSC)NC(=O)OC(C)(C)C)C(C(=O)NC(C)C)c1ccc(CC)cc1. The molecular weight excluding hydrogens is 462 g/mol. The highest BCUT2D eigenvalue weighted by Gasteiger charge is 2.36. The minimum atomic E-state index is -0.793. The molecule has 8 heteroatoms. The van der Waals surface area contributed by atoms with Crippen molar-refractivity contribution in [3.63, 3.8) is 0 Å². The molecule has 0 aliphatic heterocycles. The smallest absolute Gasteiger partial charge is 0.408 e. The summed E-state index contributed by atoms with van der Waals surface area (Å²) in [6, 6.07) is 6.19. The number of aryl methyl sites for hydroxylation is 1. The van der Waals surface area contributed by atoms with Gasteiger partial charge in [0.2, 0.25) is 11.8 Å². The van der Waals surface area contributed by atoms with Crippen molar-refractivity contribution in [2.24, 2.45) is 0 Å². The van der Waals surface area contributed by atoms with E-state index in [1.807, 2.05) is 51.3 Å². The molecule has 0 fully saturated rings. The first-order valence-corrected chi connectivity index (χ1v) is 14.0. The van der Waals surface area contributed by atoms with Crippen LogP contribution < -0.4 is 10.6 Å². The Balaban J connectivity index is 3.42. The number of rotatable bonds is 13. The molecular formula is C27H45N3O4S. The van der Waals surface area contributed by atoms with E-state index in [0.717, 1.165) is 30.4 Å². The van der Waals surface area contributed by atoms with Gasteiger partial charge in [0.1, 0.15) is 17.7 Å². The van der Waals surface area contributed by atoms with Crippen LogP contribution in [0.4, 0.5) is 4.79 Å².